The largest absolute Gasteiger partial charge is 0.475 e. The molecule has 6 heteroatoms. The highest BCUT2D eigenvalue weighted by molar-refractivity contribution is 5.98. The molecule has 0 bridgehead atoms. The maximum atomic E-state index is 11.3. The van der Waals surface area contributed by atoms with E-state index in [2.05, 4.69) is 16.1 Å². The third-order valence-corrected chi connectivity index (χ3v) is 2.53. The lowest BCUT2D eigenvalue weighted by Gasteiger charge is -2.06. The van der Waals surface area contributed by atoms with Gasteiger partial charge in [-0.25, -0.2) is 9.59 Å². The van der Waals surface area contributed by atoms with E-state index in [0.29, 0.717) is 0 Å². The van der Waals surface area contributed by atoms with Crippen LogP contribution in [0.25, 0.3) is 0 Å². The van der Waals surface area contributed by atoms with E-state index < -0.39 is 17.7 Å². The Labute approximate surface area is 105 Å². The van der Waals surface area contributed by atoms with Gasteiger partial charge in [0, 0.05) is 0 Å². The Kier molecular flexibility index (Phi) is 6.04. The van der Waals surface area contributed by atoms with E-state index in [9.17, 15) is 9.59 Å². The highest BCUT2D eigenvalue weighted by Gasteiger charge is 2.30. The number of unbranched alkanes of at least 4 members (excludes halogenated alkanes) is 5. The average molecular weight is 258 g/mol. The van der Waals surface area contributed by atoms with Crippen molar-refractivity contribution in [2.75, 3.05) is 6.61 Å². The number of esters is 1. The lowest BCUT2D eigenvalue weighted by atomic mass is 10.1. The summed E-state index contributed by atoms with van der Waals surface area (Å²) < 4.78 is 13.3. The van der Waals surface area contributed by atoms with E-state index in [1.807, 2.05) is 0 Å². The van der Waals surface area contributed by atoms with Gasteiger partial charge in [-0.1, -0.05) is 39.0 Å². The molecule has 0 amide bonds. The van der Waals surface area contributed by atoms with Crippen LogP contribution in [-0.4, -0.2) is 23.7 Å². The zero-order valence-corrected chi connectivity index (χ0v) is 10.4. The van der Waals surface area contributed by atoms with E-state index in [0.717, 1.165) is 19.3 Å². The van der Waals surface area contributed by atoms with Crippen LogP contribution in [0.15, 0.2) is 9.15 Å². The SMILES string of the molecule is CCCCCCCCOC(=O)c1ooc1C(=O)O. The van der Waals surface area contributed by atoms with Crippen molar-refractivity contribution in [3.05, 3.63) is 11.5 Å². The Bertz CT molecular complexity index is 375. The first-order valence-corrected chi connectivity index (χ1v) is 6.16. The number of rotatable bonds is 9. The van der Waals surface area contributed by atoms with Gasteiger partial charge in [0.1, 0.15) is 0 Å². The van der Waals surface area contributed by atoms with E-state index in [4.69, 9.17) is 9.84 Å². The van der Waals surface area contributed by atoms with Crippen LogP contribution >= 0.6 is 0 Å². The molecule has 1 heterocycles. The van der Waals surface area contributed by atoms with Crippen LogP contribution in [-0.2, 0) is 4.74 Å². The van der Waals surface area contributed by atoms with Crippen molar-refractivity contribution in [3.8, 4) is 0 Å². The van der Waals surface area contributed by atoms with Crippen LogP contribution in [0.1, 0.15) is 66.6 Å². The molecule has 1 rings (SSSR count). The zero-order valence-electron chi connectivity index (χ0n) is 10.4. The van der Waals surface area contributed by atoms with E-state index in [-0.39, 0.29) is 12.4 Å². The zero-order chi connectivity index (χ0) is 13.4. The lowest BCUT2D eigenvalue weighted by Crippen LogP contribution is -2.14. The maximum absolute atomic E-state index is 11.3. The molecule has 0 atom stereocenters. The van der Waals surface area contributed by atoms with Gasteiger partial charge in [0.15, 0.2) is 0 Å². The van der Waals surface area contributed by atoms with Crippen molar-refractivity contribution < 1.29 is 28.6 Å². The fourth-order valence-corrected chi connectivity index (χ4v) is 1.50. The monoisotopic (exact) mass is 258 g/mol. The molecule has 1 aromatic rings. The highest BCUT2D eigenvalue weighted by atomic mass is 17.0. The van der Waals surface area contributed by atoms with Crippen LogP contribution in [0.2, 0.25) is 0 Å². The van der Waals surface area contributed by atoms with Crippen molar-refractivity contribution in [1.82, 2.24) is 0 Å². The highest BCUT2D eigenvalue weighted by Crippen LogP contribution is 2.15. The first-order chi connectivity index (χ1) is 8.66. The van der Waals surface area contributed by atoms with E-state index in [1.165, 1.54) is 19.3 Å². The standard InChI is InChI=1S/C12H18O6/c1-2-3-4-5-6-7-8-16-12(15)10-9(11(13)14)17-18-10/h2-8H2,1H3,(H,13,14). The molecular formula is C12H18O6. The summed E-state index contributed by atoms with van der Waals surface area (Å²) in [6.07, 6.45) is 6.49. The summed E-state index contributed by atoms with van der Waals surface area (Å²) in [6.45, 7) is 2.42. The second-order valence-corrected chi connectivity index (χ2v) is 4.03. The summed E-state index contributed by atoms with van der Waals surface area (Å²) in [5.74, 6) is -2.99. The number of carboxylic acids is 1. The molecule has 0 saturated heterocycles. The summed E-state index contributed by atoms with van der Waals surface area (Å²) in [4.78, 5) is 21.8. The normalized spacial score (nSPS) is 10.5. The molecule has 18 heavy (non-hydrogen) atoms. The summed E-state index contributed by atoms with van der Waals surface area (Å²) in [6, 6.07) is 0. The first-order valence-electron chi connectivity index (χ1n) is 6.16. The fourth-order valence-electron chi connectivity index (χ4n) is 1.50. The molecule has 0 aliphatic heterocycles. The topological polar surface area (TPSA) is 89.9 Å². The van der Waals surface area contributed by atoms with Crippen LogP contribution in [0.5, 0.6) is 0 Å². The van der Waals surface area contributed by atoms with Crippen LogP contribution in [0.3, 0.4) is 0 Å². The molecule has 0 spiro atoms. The van der Waals surface area contributed by atoms with Crippen molar-refractivity contribution in [1.29, 1.82) is 0 Å². The molecule has 1 aromatic heterocycles. The van der Waals surface area contributed by atoms with Gasteiger partial charge in [-0.15, -0.1) is 0 Å². The average Bonchev–Trinajstić information content (AvgIpc) is 2.25. The molecule has 0 unspecified atom stereocenters. The van der Waals surface area contributed by atoms with Crippen molar-refractivity contribution in [3.63, 3.8) is 0 Å². The number of carbonyl (C=O) groups excluding carboxylic acids is 1. The van der Waals surface area contributed by atoms with Crippen molar-refractivity contribution in [2.24, 2.45) is 0 Å². The number of carbonyl (C=O) groups is 2. The minimum atomic E-state index is -1.34. The number of hydrogen-bond acceptors (Lipinski definition) is 5. The van der Waals surface area contributed by atoms with Gasteiger partial charge in [-0.3, -0.25) is 9.15 Å². The molecule has 0 fully saturated rings. The van der Waals surface area contributed by atoms with Gasteiger partial charge < -0.3 is 9.84 Å². The molecule has 0 aliphatic rings. The molecule has 0 aromatic carbocycles. The van der Waals surface area contributed by atoms with Gasteiger partial charge in [0.2, 0.25) is 0 Å². The van der Waals surface area contributed by atoms with Crippen LogP contribution in [0, 0.1) is 0 Å². The molecule has 102 valence electrons. The van der Waals surface area contributed by atoms with Gasteiger partial charge in [0.05, 0.1) is 6.61 Å². The lowest BCUT2D eigenvalue weighted by molar-refractivity contribution is -0.0406. The number of hydrogen-bond donors (Lipinski definition) is 1. The van der Waals surface area contributed by atoms with Gasteiger partial charge >= 0.3 is 23.5 Å². The molecule has 1 N–H and O–H groups in total. The Balaban J connectivity index is 2.11. The quantitative estimate of drug-likeness (QED) is 0.416. The third kappa shape index (κ3) is 4.27. The summed E-state index contributed by atoms with van der Waals surface area (Å²) >= 11 is 0. The Morgan fingerprint density at radius 1 is 1.06 bits per heavy atom. The van der Waals surface area contributed by atoms with E-state index >= 15 is 0 Å². The second kappa shape index (κ2) is 7.58. The van der Waals surface area contributed by atoms with E-state index in [1.54, 1.807) is 0 Å². The minimum Gasteiger partial charge on any atom is -0.475 e. The fraction of sp³-hybridized carbons (Fsp3) is 0.667. The Morgan fingerprint density at radius 2 is 1.67 bits per heavy atom. The van der Waals surface area contributed by atoms with Gasteiger partial charge in [-0.05, 0) is 6.42 Å². The maximum Gasteiger partial charge on any atom is 0.383 e. The first kappa shape index (κ1) is 14.3. The van der Waals surface area contributed by atoms with Gasteiger partial charge in [0.25, 0.3) is 0 Å². The number of ether oxygens (including phenoxy) is 1. The Hall–Kier alpha value is -1.72. The Morgan fingerprint density at radius 3 is 2.22 bits per heavy atom. The minimum absolute atomic E-state index is 0.269. The molecular weight excluding hydrogens is 240 g/mol. The summed E-state index contributed by atoms with van der Waals surface area (Å²) in [7, 11) is 0. The third-order valence-electron chi connectivity index (χ3n) is 2.53. The smallest absolute Gasteiger partial charge is 0.383 e. The molecule has 6 nitrogen and oxygen atoms in total. The molecule has 0 saturated carbocycles. The summed E-state index contributed by atoms with van der Waals surface area (Å²) in [5.41, 5.74) is 0. The molecule has 0 radical (unpaired) electrons. The molecule has 0 aliphatic carbocycles. The van der Waals surface area contributed by atoms with Gasteiger partial charge in [-0.2, -0.15) is 0 Å². The predicted molar refractivity (Wildman–Crippen MR) is 61.6 cm³/mol. The second-order valence-electron chi connectivity index (χ2n) is 4.03. The van der Waals surface area contributed by atoms with Crippen molar-refractivity contribution >= 4 is 11.9 Å². The van der Waals surface area contributed by atoms with Crippen LogP contribution in [0.4, 0.5) is 0 Å². The predicted octanol–water partition coefficient (Wildman–Crippen LogP) is 3.09. The number of aromatic carboxylic acids is 1. The van der Waals surface area contributed by atoms with Crippen LogP contribution < -0.4 is 0 Å². The summed E-state index contributed by atoms with van der Waals surface area (Å²) in [5, 5.41) is 8.57. The van der Waals surface area contributed by atoms with Crippen molar-refractivity contribution in [2.45, 2.75) is 45.4 Å². The number of carboxylic acid groups (broad SMARTS) is 1.